The third kappa shape index (κ3) is 14.4. The monoisotopic (exact) mass is 428 g/mol. The fourth-order valence-electron chi connectivity index (χ4n) is 3.62. The maximum Gasteiger partial charge on any atom is 0.310 e. The van der Waals surface area contributed by atoms with Gasteiger partial charge in [0, 0.05) is 0 Å². The molecule has 0 spiro atoms. The minimum absolute atomic E-state index is 0.191. The molecular formula is C24H44O6. The van der Waals surface area contributed by atoms with Crippen molar-refractivity contribution in [1.29, 1.82) is 0 Å². The van der Waals surface area contributed by atoms with E-state index < -0.39 is 23.8 Å². The first-order chi connectivity index (χ1) is 13.8. The molecule has 3 atom stereocenters. The van der Waals surface area contributed by atoms with E-state index in [-0.39, 0.29) is 31.2 Å². The summed E-state index contributed by atoms with van der Waals surface area (Å²) in [6.07, 6.45) is 1.03. The smallest absolute Gasteiger partial charge is 0.310 e. The first kappa shape index (κ1) is 28.4. The van der Waals surface area contributed by atoms with Crippen LogP contribution in [0.15, 0.2) is 0 Å². The zero-order chi connectivity index (χ0) is 23.4. The van der Waals surface area contributed by atoms with E-state index in [4.69, 9.17) is 14.2 Å². The van der Waals surface area contributed by atoms with Crippen molar-refractivity contribution in [2.75, 3.05) is 0 Å². The number of rotatable bonds is 14. The Balaban J connectivity index is 5.04. The summed E-state index contributed by atoms with van der Waals surface area (Å²) >= 11 is 0. The third-order valence-corrected chi connectivity index (χ3v) is 4.55. The van der Waals surface area contributed by atoms with Crippen molar-refractivity contribution in [2.24, 2.45) is 23.7 Å². The van der Waals surface area contributed by atoms with Crippen LogP contribution in [0.2, 0.25) is 0 Å². The van der Waals surface area contributed by atoms with Crippen LogP contribution >= 0.6 is 0 Å². The summed E-state index contributed by atoms with van der Waals surface area (Å²) in [5, 5.41) is 0. The normalized spacial score (nSPS) is 14.7. The van der Waals surface area contributed by atoms with Crippen LogP contribution in [0.3, 0.4) is 0 Å². The van der Waals surface area contributed by atoms with Gasteiger partial charge in [0.2, 0.25) is 0 Å². The minimum atomic E-state index is -0.905. The summed E-state index contributed by atoms with van der Waals surface area (Å²) in [5.74, 6) is -1.29. The van der Waals surface area contributed by atoms with Gasteiger partial charge in [0.1, 0.15) is 0 Å². The Labute approximate surface area is 183 Å². The van der Waals surface area contributed by atoms with Gasteiger partial charge in [-0.3, -0.25) is 14.4 Å². The highest BCUT2D eigenvalue weighted by atomic mass is 16.6. The Bertz CT molecular complexity index is 494. The van der Waals surface area contributed by atoms with Gasteiger partial charge in [-0.1, -0.05) is 41.5 Å². The Morgan fingerprint density at radius 2 is 0.833 bits per heavy atom. The third-order valence-electron chi connectivity index (χ3n) is 4.55. The molecule has 0 heterocycles. The minimum Gasteiger partial charge on any atom is -0.463 e. The molecule has 0 aliphatic rings. The summed E-state index contributed by atoms with van der Waals surface area (Å²) in [6.45, 7) is 17.8. The summed E-state index contributed by atoms with van der Waals surface area (Å²) < 4.78 is 16.4. The zero-order valence-corrected chi connectivity index (χ0v) is 20.5. The van der Waals surface area contributed by atoms with Gasteiger partial charge in [0.15, 0.2) is 0 Å². The number of ether oxygens (including phenoxy) is 3. The van der Waals surface area contributed by atoms with Crippen molar-refractivity contribution in [1.82, 2.24) is 0 Å². The van der Waals surface area contributed by atoms with E-state index in [1.807, 2.05) is 34.6 Å². The van der Waals surface area contributed by atoms with Crippen LogP contribution in [0.4, 0.5) is 0 Å². The van der Waals surface area contributed by atoms with Crippen molar-refractivity contribution in [3.8, 4) is 0 Å². The lowest BCUT2D eigenvalue weighted by molar-refractivity contribution is -0.165. The molecule has 0 aromatic carbocycles. The number of carbonyl (C=O) groups is 3. The largest absolute Gasteiger partial charge is 0.463 e. The summed E-state index contributed by atoms with van der Waals surface area (Å²) in [7, 11) is 0. The fraction of sp³-hybridized carbons (Fsp3) is 0.875. The lowest BCUT2D eigenvalue weighted by atomic mass is 10.0. The molecule has 176 valence electrons. The summed E-state index contributed by atoms with van der Waals surface area (Å²) in [4.78, 5) is 37.5. The van der Waals surface area contributed by atoms with Gasteiger partial charge < -0.3 is 14.2 Å². The highest BCUT2D eigenvalue weighted by Crippen LogP contribution is 2.19. The first-order valence-corrected chi connectivity index (χ1v) is 11.4. The molecule has 6 heteroatoms. The van der Waals surface area contributed by atoms with E-state index in [0.717, 1.165) is 12.8 Å². The molecule has 0 aromatic heterocycles. The molecule has 0 rings (SSSR count). The molecule has 0 fully saturated rings. The molecule has 0 bridgehead atoms. The lowest BCUT2D eigenvalue weighted by Crippen LogP contribution is -2.30. The molecular weight excluding hydrogens is 384 g/mol. The molecule has 6 nitrogen and oxygen atoms in total. The van der Waals surface area contributed by atoms with Crippen LogP contribution in [0.5, 0.6) is 0 Å². The van der Waals surface area contributed by atoms with Crippen LogP contribution in [0.1, 0.15) is 94.4 Å². The molecule has 0 amide bonds. The molecule has 0 saturated carbocycles. The maximum atomic E-state index is 12.7. The van der Waals surface area contributed by atoms with Gasteiger partial charge in [-0.15, -0.1) is 0 Å². The van der Waals surface area contributed by atoms with E-state index in [9.17, 15) is 14.4 Å². The van der Waals surface area contributed by atoms with Gasteiger partial charge >= 0.3 is 17.9 Å². The Morgan fingerprint density at radius 3 is 1.13 bits per heavy atom. The number of esters is 3. The van der Waals surface area contributed by atoms with Gasteiger partial charge in [0.25, 0.3) is 0 Å². The number of hydrogen-bond donors (Lipinski definition) is 0. The standard InChI is InChI=1S/C24H44O6/c1-15(2)10-18(7)28-22(25)13-21(24(27)30-20(9)12-17(5)6)14-23(26)29-19(8)11-16(3)4/h15-21H,10-14H2,1-9H3/t18-,19-,20+/m1/s1. The predicted octanol–water partition coefficient (Wildman–Crippen LogP) is 5.32. The molecule has 0 saturated heterocycles. The van der Waals surface area contributed by atoms with Crippen LogP contribution < -0.4 is 0 Å². The van der Waals surface area contributed by atoms with E-state index in [2.05, 4.69) is 27.7 Å². The summed E-state index contributed by atoms with van der Waals surface area (Å²) in [5.41, 5.74) is 0. The Hall–Kier alpha value is -1.59. The molecule has 0 radical (unpaired) electrons. The maximum absolute atomic E-state index is 12.7. The lowest BCUT2D eigenvalue weighted by Gasteiger charge is -2.22. The first-order valence-electron chi connectivity index (χ1n) is 11.4. The average Bonchev–Trinajstić information content (AvgIpc) is 2.50. The van der Waals surface area contributed by atoms with E-state index in [1.54, 1.807) is 0 Å². The molecule has 0 aliphatic carbocycles. The van der Waals surface area contributed by atoms with Gasteiger partial charge in [-0.25, -0.2) is 0 Å². The summed E-state index contributed by atoms with van der Waals surface area (Å²) in [6, 6.07) is 0. The number of hydrogen-bond acceptors (Lipinski definition) is 6. The Kier molecular flexibility index (Phi) is 13.7. The Morgan fingerprint density at radius 1 is 0.533 bits per heavy atom. The van der Waals surface area contributed by atoms with Crippen molar-refractivity contribution in [3.63, 3.8) is 0 Å². The van der Waals surface area contributed by atoms with Gasteiger partial charge in [-0.05, 0) is 57.8 Å². The quantitative estimate of drug-likeness (QED) is 0.275. The van der Waals surface area contributed by atoms with Crippen molar-refractivity contribution in [3.05, 3.63) is 0 Å². The fourth-order valence-corrected chi connectivity index (χ4v) is 3.62. The molecule has 0 unspecified atom stereocenters. The van der Waals surface area contributed by atoms with E-state index in [0.29, 0.717) is 24.2 Å². The molecule has 0 N–H and O–H groups in total. The molecule has 0 aromatic rings. The van der Waals surface area contributed by atoms with Crippen LogP contribution in [0, 0.1) is 23.7 Å². The second-order valence-electron chi connectivity index (χ2n) is 9.84. The topological polar surface area (TPSA) is 78.9 Å². The molecule has 0 aliphatic heterocycles. The van der Waals surface area contributed by atoms with Crippen LogP contribution in [-0.2, 0) is 28.6 Å². The van der Waals surface area contributed by atoms with Crippen LogP contribution in [-0.4, -0.2) is 36.2 Å². The van der Waals surface area contributed by atoms with Crippen molar-refractivity contribution < 1.29 is 28.6 Å². The van der Waals surface area contributed by atoms with Crippen molar-refractivity contribution in [2.45, 2.75) is 113 Å². The molecule has 30 heavy (non-hydrogen) atoms. The highest BCUT2D eigenvalue weighted by Gasteiger charge is 2.30. The van der Waals surface area contributed by atoms with E-state index >= 15 is 0 Å². The van der Waals surface area contributed by atoms with Gasteiger partial charge in [-0.2, -0.15) is 0 Å². The van der Waals surface area contributed by atoms with Gasteiger partial charge in [0.05, 0.1) is 37.1 Å². The van der Waals surface area contributed by atoms with E-state index in [1.165, 1.54) is 0 Å². The SMILES string of the molecule is CC(C)C[C@@H](C)OC(=O)CC(CC(=O)O[C@H](C)CC(C)C)C(=O)O[C@@H](C)CC(C)C. The predicted molar refractivity (Wildman–Crippen MR) is 118 cm³/mol. The average molecular weight is 429 g/mol. The van der Waals surface area contributed by atoms with Crippen molar-refractivity contribution >= 4 is 17.9 Å². The zero-order valence-electron chi connectivity index (χ0n) is 20.5. The second-order valence-corrected chi connectivity index (χ2v) is 9.84. The number of carbonyl (C=O) groups excluding carboxylic acids is 3. The highest BCUT2D eigenvalue weighted by molar-refractivity contribution is 5.84. The van der Waals surface area contributed by atoms with Crippen LogP contribution in [0.25, 0.3) is 0 Å². The second kappa shape index (κ2) is 14.4.